The molecule has 1 rings (SSSR count). The molecule has 0 aromatic heterocycles. The highest BCUT2D eigenvalue weighted by Crippen LogP contribution is 2.22. The Bertz CT molecular complexity index is 398. The number of rotatable bonds is 8. The number of nitrogens with two attached hydrogens (primary N) is 1. The summed E-state index contributed by atoms with van der Waals surface area (Å²) in [6, 6.07) is 4.39. The lowest BCUT2D eigenvalue weighted by Gasteiger charge is -2.07. The maximum absolute atomic E-state index is 10.6. The van der Waals surface area contributed by atoms with Crippen LogP contribution in [-0.4, -0.2) is 36.4 Å². The highest BCUT2D eigenvalue weighted by atomic mass is 16.6. The van der Waals surface area contributed by atoms with Crippen molar-refractivity contribution in [3.63, 3.8) is 0 Å². The SMILES string of the molecule is Nc1cc(NCCCOCCO)cc([N+](=O)[O-])c1. The van der Waals surface area contributed by atoms with Crippen LogP contribution in [-0.2, 0) is 4.74 Å². The van der Waals surface area contributed by atoms with Crippen LogP contribution in [0, 0.1) is 10.1 Å². The molecule has 0 aliphatic heterocycles. The van der Waals surface area contributed by atoms with Gasteiger partial charge in [0.1, 0.15) is 0 Å². The largest absolute Gasteiger partial charge is 0.398 e. The summed E-state index contributed by atoms with van der Waals surface area (Å²) in [6.07, 6.45) is 0.739. The molecular weight excluding hydrogens is 238 g/mol. The molecule has 18 heavy (non-hydrogen) atoms. The highest BCUT2D eigenvalue weighted by molar-refractivity contribution is 5.61. The minimum atomic E-state index is -0.480. The Hall–Kier alpha value is -1.86. The van der Waals surface area contributed by atoms with E-state index >= 15 is 0 Å². The summed E-state index contributed by atoms with van der Waals surface area (Å²) in [4.78, 5) is 10.2. The third-order valence-corrected chi connectivity index (χ3v) is 2.18. The zero-order valence-corrected chi connectivity index (χ0v) is 9.96. The summed E-state index contributed by atoms with van der Waals surface area (Å²) in [5.41, 5.74) is 6.50. The molecule has 7 heteroatoms. The third kappa shape index (κ3) is 4.98. The number of aliphatic hydroxyl groups is 1. The number of nitrogens with one attached hydrogen (secondary N) is 1. The van der Waals surface area contributed by atoms with Crippen molar-refractivity contribution in [2.75, 3.05) is 37.4 Å². The van der Waals surface area contributed by atoms with Gasteiger partial charge in [-0.15, -0.1) is 0 Å². The van der Waals surface area contributed by atoms with Gasteiger partial charge in [0, 0.05) is 36.7 Å². The molecule has 0 bridgehead atoms. The summed E-state index contributed by atoms with van der Waals surface area (Å²) in [6.45, 7) is 1.47. The zero-order chi connectivity index (χ0) is 13.4. The molecule has 0 saturated carbocycles. The van der Waals surface area contributed by atoms with Gasteiger partial charge in [-0.05, 0) is 12.5 Å². The molecule has 1 aromatic carbocycles. The molecule has 0 amide bonds. The van der Waals surface area contributed by atoms with Crippen molar-refractivity contribution in [2.45, 2.75) is 6.42 Å². The number of anilines is 2. The van der Waals surface area contributed by atoms with Gasteiger partial charge in [0.15, 0.2) is 0 Å². The lowest BCUT2D eigenvalue weighted by molar-refractivity contribution is -0.384. The molecule has 0 spiro atoms. The van der Waals surface area contributed by atoms with Crippen molar-refractivity contribution in [1.82, 2.24) is 0 Å². The number of nitrogens with zero attached hydrogens (tertiary/aromatic N) is 1. The first-order valence-corrected chi connectivity index (χ1v) is 5.61. The molecular formula is C11H17N3O4. The van der Waals surface area contributed by atoms with Crippen LogP contribution < -0.4 is 11.1 Å². The number of hydrogen-bond donors (Lipinski definition) is 3. The van der Waals surface area contributed by atoms with Crippen molar-refractivity contribution < 1.29 is 14.8 Å². The quantitative estimate of drug-likeness (QED) is 0.276. The van der Waals surface area contributed by atoms with Gasteiger partial charge < -0.3 is 20.9 Å². The zero-order valence-electron chi connectivity index (χ0n) is 9.96. The topological polar surface area (TPSA) is 111 Å². The Morgan fingerprint density at radius 2 is 2.17 bits per heavy atom. The fourth-order valence-corrected chi connectivity index (χ4v) is 1.42. The van der Waals surface area contributed by atoms with Crippen LogP contribution in [0.2, 0.25) is 0 Å². The number of nitro benzene ring substituents is 1. The Morgan fingerprint density at radius 1 is 1.39 bits per heavy atom. The van der Waals surface area contributed by atoms with E-state index in [9.17, 15) is 10.1 Å². The molecule has 1 aromatic rings. The summed E-state index contributed by atoms with van der Waals surface area (Å²) in [5.74, 6) is 0. The summed E-state index contributed by atoms with van der Waals surface area (Å²) >= 11 is 0. The van der Waals surface area contributed by atoms with Crippen LogP contribution in [0.4, 0.5) is 17.1 Å². The van der Waals surface area contributed by atoms with E-state index in [1.807, 2.05) is 0 Å². The standard InChI is InChI=1S/C11H17N3O4/c12-9-6-10(8-11(7-9)14(16)17)13-2-1-4-18-5-3-15/h6-8,13,15H,1-5,12H2. The van der Waals surface area contributed by atoms with Crippen molar-refractivity contribution >= 4 is 17.1 Å². The number of aliphatic hydroxyl groups excluding tert-OH is 1. The van der Waals surface area contributed by atoms with E-state index in [0.717, 1.165) is 6.42 Å². The minimum Gasteiger partial charge on any atom is -0.398 e. The summed E-state index contributed by atoms with van der Waals surface area (Å²) in [5, 5.41) is 22.2. The van der Waals surface area contributed by atoms with E-state index in [1.54, 1.807) is 6.07 Å². The molecule has 4 N–H and O–H groups in total. The van der Waals surface area contributed by atoms with Crippen LogP contribution in [0.1, 0.15) is 6.42 Å². The van der Waals surface area contributed by atoms with Crippen molar-refractivity contribution in [2.24, 2.45) is 0 Å². The first-order chi connectivity index (χ1) is 8.63. The van der Waals surface area contributed by atoms with Crippen molar-refractivity contribution in [3.8, 4) is 0 Å². The van der Waals surface area contributed by atoms with E-state index in [0.29, 0.717) is 31.1 Å². The van der Waals surface area contributed by atoms with Crippen molar-refractivity contribution in [3.05, 3.63) is 28.3 Å². The number of ether oxygens (including phenoxy) is 1. The van der Waals surface area contributed by atoms with Gasteiger partial charge in [0.05, 0.1) is 18.1 Å². The fourth-order valence-electron chi connectivity index (χ4n) is 1.42. The van der Waals surface area contributed by atoms with Crippen LogP contribution >= 0.6 is 0 Å². The molecule has 0 radical (unpaired) electrons. The molecule has 0 saturated heterocycles. The molecule has 0 heterocycles. The van der Waals surface area contributed by atoms with Gasteiger partial charge in [-0.2, -0.15) is 0 Å². The van der Waals surface area contributed by atoms with E-state index in [4.69, 9.17) is 15.6 Å². The molecule has 0 aliphatic rings. The van der Waals surface area contributed by atoms with Gasteiger partial charge in [-0.3, -0.25) is 10.1 Å². The average molecular weight is 255 g/mol. The first kappa shape index (κ1) is 14.2. The second kappa shape index (κ2) is 7.46. The van der Waals surface area contributed by atoms with Crippen LogP contribution in [0.15, 0.2) is 18.2 Å². The van der Waals surface area contributed by atoms with Crippen LogP contribution in [0.5, 0.6) is 0 Å². The second-order valence-corrected chi connectivity index (χ2v) is 3.69. The molecule has 100 valence electrons. The monoisotopic (exact) mass is 255 g/mol. The predicted octanol–water partition coefficient (Wildman–Crippen LogP) is 0.988. The third-order valence-electron chi connectivity index (χ3n) is 2.18. The van der Waals surface area contributed by atoms with Gasteiger partial charge in [0.25, 0.3) is 5.69 Å². The second-order valence-electron chi connectivity index (χ2n) is 3.69. The Morgan fingerprint density at radius 3 is 2.83 bits per heavy atom. The first-order valence-electron chi connectivity index (χ1n) is 5.61. The highest BCUT2D eigenvalue weighted by Gasteiger charge is 2.07. The molecule has 7 nitrogen and oxygen atoms in total. The predicted molar refractivity (Wildman–Crippen MR) is 68.5 cm³/mol. The average Bonchev–Trinajstić information content (AvgIpc) is 2.33. The molecule has 0 unspecified atom stereocenters. The summed E-state index contributed by atoms with van der Waals surface area (Å²) in [7, 11) is 0. The number of nitrogen functional groups attached to an aromatic ring is 1. The normalized spacial score (nSPS) is 10.3. The van der Waals surface area contributed by atoms with E-state index in [1.165, 1.54) is 12.1 Å². The lowest BCUT2D eigenvalue weighted by atomic mass is 10.2. The maximum atomic E-state index is 10.6. The van der Waals surface area contributed by atoms with Gasteiger partial charge in [-0.1, -0.05) is 0 Å². The maximum Gasteiger partial charge on any atom is 0.273 e. The Labute approximate surface area is 105 Å². The summed E-state index contributed by atoms with van der Waals surface area (Å²) < 4.78 is 5.08. The molecule has 0 fully saturated rings. The van der Waals surface area contributed by atoms with E-state index in [2.05, 4.69) is 5.32 Å². The Balaban J connectivity index is 2.40. The minimum absolute atomic E-state index is 0.00877. The van der Waals surface area contributed by atoms with E-state index < -0.39 is 4.92 Å². The molecule has 0 aliphatic carbocycles. The number of hydrogen-bond acceptors (Lipinski definition) is 6. The van der Waals surface area contributed by atoms with Crippen molar-refractivity contribution in [1.29, 1.82) is 0 Å². The lowest BCUT2D eigenvalue weighted by Crippen LogP contribution is -2.08. The van der Waals surface area contributed by atoms with Crippen LogP contribution in [0.3, 0.4) is 0 Å². The smallest absolute Gasteiger partial charge is 0.273 e. The molecule has 0 atom stereocenters. The fraction of sp³-hybridized carbons (Fsp3) is 0.455. The Kier molecular flexibility index (Phi) is 5.89. The van der Waals surface area contributed by atoms with Gasteiger partial charge >= 0.3 is 0 Å². The van der Waals surface area contributed by atoms with E-state index in [-0.39, 0.29) is 12.3 Å². The van der Waals surface area contributed by atoms with Crippen LogP contribution in [0.25, 0.3) is 0 Å². The number of benzene rings is 1. The van der Waals surface area contributed by atoms with Gasteiger partial charge in [-0.25, -0.2) is 0 Å². The number of non-ortho nitro benzene ring substituents is 1. The number of nitro groups is 1. The van der Waals surface area contributed by atoms with Gasteiger partial charge in [0.2, 0.25) is 0 Å².